The van der Waals surface area contributed by atoms with E-state index in [0.717, 1.165) is 22.6 Å². The Balaban J connectivity index is 1.72. The predicted molar refractivity (Wildman–Crippen MR) is 113 cm³/mol. The first-order valence-corrected chi connectivity index (χ1v) is 9.44. The highest BCUT2D eigenvalue weighted by Gasteiger charge is 2.18. The van der Waals surface area contributed by atoms with E-state index in [9.17, 15) is 4.79 Å². The van der Waals surface area contributed by atoms with Gasteiger partial charge in [-0.15, -0.1) is 0 Å². The first kappa shape index (κ1) is 19.6. The molecule has 1 atom stereocenters. The number of para-hydroxylation sites is 2. The van der Waals surface area contributed by atoms with Gasteiger partial charge in [0, 0.05) is 17.3 Å². The molecule has 0 saturated heterocycles. The Bertz CT molecular complexity index is 881. The molecule has 4 heteroatoms. The lowest BCUT2D eigenvalue weighted by atomic mass is 10.1. The Kier molecular flexibility index (Phi) is 6.82. The molecule has 0 spiro atoms. The monoisotopic (exact) mass is 374 g/mol. The molecule has 0 fully saturated rings. The number of carbonyl (C=O) groups is 1. The number of hydrogen-bond donors (Lipinski definition) is 1. The Morgan fingerprint density at radius 2 is 1.54 bits per heavy atom. The maximum atomic E-state index is 13.1. The van der Waals surface area contributed by atoms with Gasteiger partial charge in [-0.25, -0.2) is 0 Å². The summed E-state index contributed by atoms with van der Waals surface area (Å²) >= 11 is 0. The summed E-state index contributed by atoms with van der Waals surface area (Å²) < 4.78 is 5.43. The Morgan fingerprint density at radius 3 is 2.21 bits per heavy atom. The van der Waals surface area contributed by atoms with Gasteiger partial charge in [-0.2, -0.15) is 0 Å². The highest BCUT2D eigenvalue weighted by atomic mass is 16.5. The lowest BCUT2D eigenvalue weighted by Crippen LogP contribution is -2.38. The molecule has 0 bridgehead atoms. The second-order valence-corrected chi connectivity index (χ2v) is 6.65. The van der Waals surface area contributed by atoms with Crippen LogP contribution in [-0.2, 0) is 11.3 Å². The maximum Gasteiger partial charge on any atom is 0.241 e. The van der Waals surface area contributed by atoms with Crippen LogP contribution < -0.4 is 15.0 Å². The van der Waals surface area contributed by atoms with Crippen molar-refractivity contribution in [2.75, 3.05) is 18.6 Å². The molecule has 0 saturated carbocycles. The minimum absolute atomic E-state index is 0.00514. The number of anilines is 1. The summed E-state index contributed by atoms with van der Waals surface area (Å²) in [5.41, 5.74) is 3.02. The first-order valence-electron chi connectivity index (χ1n) is 9.44. The largest absolute Gasteiger partial charge is 0.496 e. The zero-order valence-corrected chi connectivity index (χ0v) is 16.3. The van der Waals surface area contributed by atoms with E-state index >= 15 is 0 Å². The first-order chi connectivity index (χ1) is 13.7. The number of hydrogen-bond acceptors (Lipinski definition) is 3. The molecule has 0 aliphatic carbocycles. The van der Waals surface area contributed by atoms with Crippen LogP contribution in [0.3, 0.4) is 0 Å². The Hall–Kier alpha value is -3.11. The lowest BCUT2D eigenvalue weighted by molar-refractivity contribution is -0.118. The highest BCUT2D eigenvalue weighted by Crippen LogP contribution is 2.24. The highest BCUT2D eigenvalue weighted by molar-refractivity contribution is 5.94. The van der Waals surface area contributed by atoms with Gasteiger partial charge in [-0.3, -0.25) is 4.79 Å². The molecular formula is C24H26N2O2. The number of carbonyl (C=O) groups excluding carboxylic acids is 1. The summed E-state index contributed by atoms with van der Waals surface area (Å²) in [5.74, 6) is 0.843. The van der Waals surface area contributed by atoms with Gasteiger partial charge in [0.05, 0.1) is 20.2 Å². The molecule has 0 radical (unpaired) electrons. The molecule has 28 heavy (non-hydrogen) atoms. The molecule has 0 aromatic heterocycles. The summed E-state index contributed by atoms with van der Waals surface area (Å²) in [6.45, 7) is 2.81. The quantitative estimate of drug-likeness (QED) is 0.627. The number of amides is 1. The van der Waals surface area contributed by atoms with Gasteiger partial charge in [-0.05, 0) is 30.7 Å². The van der Waals surface area contributed by atoms with Gasteiger partial charge in [0.2, 0.25) is 5.91 Å². The fraction of sp³-hybridized carbons (Fsp3) is 0.208. The molecule has 0 heterocycles. The molecular weight excluding hydrogens is 348 g/mol. The third kappa shape index (κ3) is 4.99. The van der Waals surface area contributed by atoms with Gasteiger partial charge >= 0.3 is 0 Å². The molecule has 144 valence electrons. The van der Waals surface area contributed by atoms with Crippen molar-refractivity contribution in [1.82, 2.24) is 5.32 Å². The average Bonchev–Trinajstić information content (AvgIpc) is 2.76. The van der Waals surface area contributed by atoms with E-state index in [4.69, 9.17) is 4.74 Å². The Labute approximate surface area is 166 Å². The van der Waals surface area contributed by atoms with Gasteiger partial charge in [0.25, 0.3) is 0 Å². The van der Waals surface area contributed by atoms with E-state index in [1.807, 2.05) is 96.8 Å². The van der Waals surface area contributed by atoms with Crippen LogP contribution >= 0.6 is 0 Å². The molecule has 1 N–H and O–H groups in total. The molecule has 0 unspecified atom stereocenters. The second kappa shape index (κ2) is 9.72. The van der Waals surface area contributed by atoms with Crippen molar-refractivity contribution < 1.29 is 9.53 Å². The summed E-state index contributed by atoms with van der Waals surface area (Å²) in [4.78, 5) is 14.9. The van der Waals surface area contributed by atoms with Crippen LogP contribution in [-0.4, -0.2) is 19.6 Å². The van der Waals surface area contributed by atoms with Crippen molar-refractivity contribution in [3.63, 3.8) is 0 Å². The van der Waals surface area contributed by atoms with Crippen molar-refractivity contribution in [2.45, 2.75) is 19.5 Å². The minimum Gasteiger partial charge on any atom is -0.496 e. The molecule has 4 nitrogen and oxygen atoms in total. The van der Waals surface area contributed by atoms with Crippen LogP contribution in [0.1, 0.15) is 24.1 Å². The maximum absolute atomic E-state index is 13.1. The zero-order valence-electron chi connectivity index (χ0n) is 16.3. The fourth-order valence-corrected chi connectivity index (χ4v) is 3.17. The summed E-state index contributed by atoms with van der Waals surface area (Å²) in [5, 5.41) is 3.34. The second-order valence-electron chi connectivity index (χ2n) is 6.65. The van der Waals surface area contributed by atoms with E-state index in [2.05, 4.69) is 5.32 Å². The molecule has 0 aliphatic rings. The molecule has 0 aliphatic heterocycles. The number of rotatable bonds is 8. The SMILES string of the molecule is COc1ccccc1[C@H](C)NCC(=O)N(Cc1ccccc1)c1ccccc1. The summed E-state index contributed by atoms with van der Waals surface area (Å²) in [6.07, 6.45) is 0. The summed E-state index contributed by atoms with van der Waals surface area (Å²) in [7, 11) is 1.66. The number of nitrogens with zero attached hydrogens (tertiary/aromatic N) is 1. The summed E-state index contributed by atoms with van der Waals surface area (Å²) in [6, 6.07) is 27.7. The van der Waals surface area contributed by atoms with Gasteiger partial charge in [0.15, 0.2) is 0 Å². The van der Waals surface area contributed by atoms with Crippen molar-refractivity contribution in [2.24, 2.45) is 0 Å². The molecule has 3 aromatic carbocycles. The predicted octanol–water partition coefficient (Wildman–Crippen LogP) is 4.58. The van der Waals surface area contributed by atoms with Crippen molar-refractivity contribution >= 4 is 11.6 Å². The topological polar surface area (TPSA) is 41.6 Å². The average molecular weight is 374 g/mol. The van der Waals surface area contributed by atoms with E-state index < -0.39 is 0 Å². The molecule has 3 aromatic rings. The van der Waals surface area contributed by atoms with E-state index in [-0.39, 0.29) is 18.5 Å². The normalized spacial score (nSPS) is 11.6. The van der Waals surface area contributed by atoms with Crippen LogP contribution in [0.4, 0.5) is 5.69 Å². The third-order valence-electron chi connectivity index (χ3n) is 4.72. The molecule has 3 rings (SSSR count). The van der Waals surface area contributed by atoms with E-state index in [0.29, 0.717) is 6.54 Å². The number of methoxy groups -OCH3 is 1. The third-order valence-corrected chi connectivity index (χ3v) is 4.72. The van der Waals surface area contributed by atoms with E-state index in [1.54, 1.807) is 7.11 Å². The standard InChI is InChI=1S/C24H26N2O2/c1-19(22-15-9-10-16-23(22)28-2)25-17-24(27)26(21-13-7-4-8-14-21)18-20-11-5-3-6-12-20/h3-16,19,25H,17-18H2,1-2H3/t19-/m0/s1. The molecule has 1 amide bonds. The van der Waals surface area contributed by atoms with Gasteiger partial charge < -0.3 is 15.0 Å². The lowest BCUT2D eigenvalue weighted by Gasteiger charge is -2.25. The van der Waals surface area contributed by atoms with E-state index in [1.165, 1.54) is 0 Å². The van der Waals surface area contributed by atoms with Crippen LogP contribution in [0.15, 0.2) is 84.9 Å². The Morgan fingerprint density at radius 1 is 0.929 bits per heavy atom. The van der Waals surface area contributed by atoms with Gasteiger partial charge in [-0.1, -0.05) is 66.7 Å². The smallest absolute Gasteiger partial charge is 0.241 e. The van der Waals surface area contributed by atoms with Crippen LogP contribution in [0.5, 0.6) is 5.75 Å². The van der Waals surface area contributed by atoms with Crippen LogP contribution in [0, 0.1) is 0 Å². The number of nitrogens with one attached hydrogen (secondary N) is 1. The van der Waals surface area contributed by atoms with Crippen LogP contribution in [0.2, 0.25) is 0 Å². The van der Waals surface area contributed by atoms with Crippen molar-refractivity contribution in [3.8, 4) is 5.75 Å². The number of benzene rings is 3. The van der Waals surface area contributed by atoms with Crippen LogP contribution in [0.25, 0.3) is 0 Å². The zero-order chi connectivity index (χ0) is 19.8. The van der Waals surface area contributed by atoms with Crippen molar-refractivity contribution in [1.29, 1.82) is 0 Å². The minimum atomic E-state index is -0.00514. The van der Waals surface area contributed by atoms with Crippen molar-refractivity contribution in [3.05, 3.63) is 96.1 Å². The van der Waals surface area contributed by atoms with Gasteiger partial charge in [0.1, 0.15) is 5.75 Å². The fourth-order valence-electron chi connectivity index (χ4n) is 3.17. The number of ether oxygens (including phenoxy) is 1.